The highest BCUT2D eigenvalue weighted by molar-refractivity contribution is 7.11. The number of aryl methyl sites for hydroxylation is 2. The number of hydrogen-bond donors (Lipinski definition) is 1. The van der Waals surface area contributed by atoms with Crippen LogP contribution < -0.4 is 5.32 Å². The first-order valence-corrected chi connectivity index (χ1v) is 8.22. The molecule has 0 fully saturated rings. The van der Waals surface area contributed by atoms with Gasteiger partial charge in [0.1, 0.15) is 0 Å². The predicted octanol–water partition coefficient (Wildman–Crippen LogP) is 5.16. The van der Waals surface area contributed by atoms with Crippen LogP contribution in [0.25, 0.3) is 0 Å². The number of halogens is 2. The Morgan fingerprint density at radius 1 is 1.30 bits per heavy atom. The zero-order chi connectivity index (χ0) is 14.7. The van der Waals surface area contributed by atoms with Crippen molar-refractivity contribution in [2.45, 2.75) is 33.2 Å². The average Bonchev–Trinajstić information content (AvgIpc) is 2.73. The molecule has 1 unspecified atom stereocenters. The Hall–Kier alpha value is -0.610. The molecule has 1 heterocycles. The quantitative estimate of drug-likeness (QED) is 0.820. The van der Waals surface area contributed by atoms with Crippen LogP contribution in [0, 0.1) is 13.8 Å². The topological polar surface area (TPSA) is 24.9 Å². The van der Waals surface area contributed by atoms with Crippen LogP contribution in [0.1, 0.15) is 40.5 Å². The van der Waals surface area contributed by atoms with Gasteiger partial charge in [-0.15, -0.1) is 11.3 Å². The normalized spacial score (nSPS) is 12.7. The minimum atomic E-state index is 0.0485. The summed E-state index contributed by atoms with van der Waals surface area (Å²) in [7, 11) is 0. The van der Waals surface area contributed by atoms with Crippen LogP contribution in [0.3, 0.4) is 0 Å². The van der Waals surface area contributed by atoms with Crippen LogP contribution in [0.15, 0.2) is 18.2 Å². The maximum atomic E-state index is 6.36. The Bertz CT molecular complexity index is 596. The van der Waals surface area contributed by atoms with E-state index < -0.39 is 0 Å². The molecule has 0 amide bonds. The maximum absolute atomic E-state index is 6.36. The summed E-state index contributed by atoms with van der Waals surface area (Å²) in [5.41, 5.74) is 2.07. The second-order valence-electron chi connectivity index (χ2n) is 4.74. The van der Waals surface area contributed by atoms with Crippen molar-refractivity contribution in [3.05, 3.63) is 49.4 Å². The van der Waals surface area contributed by atoms with Gasteiger partial charge in [0.2, 0.25) is 0 Å². The summed E-state index contributed by atoms with van der Waals surface area (Å²) in [5.74, 6) is 0. The van der Waals surface area contributed by atoms with Crippen LogP contribution in [0.2, 0.25) is 10.0 Å². The predicted molar refractivity (Wildman–Crippen MR) is 88.2 cm³/mol. The standard InChI is InChI=1S/C15H18Cl2N2S/c1-4-7-18-14(15-9(2)19-10(3)20-15)12-8-11(16)5-6-13(12)17/h5-6,8,14,18H,4,7H2,1-3H3. The molecule has 2 rings (SSSR count). The molecule has 0 saturated carbocycles. The molecule has 0 aliphatic carbocycles. The monoisotopic (exact) mass is 328 g/mol. The molecule has 108 valence electrons. The minimum Gasteiger partial charge on any atom is -0.305 e. The van der Waals surface area contributed by atoms with Crippen molar-refractivity contribution in [3.63, 3.8) is 0 Å². The minimum absolute atomic E-state index is 0.0485. The second kappa shape index (κ2) is 6.90. The van der Waals surface area contributed by atoms with Crippen molar-refractivity contribution in [2.75, 3.05) is 6.54 Å². The third-order valence-electron chi connectivity index (χ3n) is 3.07. The van der Waals surface area contributed by atoms with Crippen molar-refractivity contribution in [3.8, 4) is 0 Å². The molecule has 2 nitrogen and oxygen atoms in total. The van der Waals surface area contributed by atoms with E-state index in [-0.39, 0.29) is 6.04 Å². The fourth-order valence-electron chi connectivity index (χ4n) is 2.18. The lowest BCUT2D eigenvalue weighted by atomic mass is 10.0. The van der Waals surface area contributed by atoms with Gasteiger partial charge < -0.3 is 5.32 Å². The molecule has 0 saturated heterocycles. The lowest BCUT2D eigenvalue weighted by Gasteiger charge is -2.20. The first-order chi connectivity index (χ1) is 9.52. The van der Waals surface area contributed by atoms with Crippen molar-refractivity contribution in [1.82, 2.24) is 10.3 Å². The van der Waals surface area contributed by atoms with E-state index in [2.05, 4.69) is 17.2 Å². The van der Waals surface area contributed by atoms with E-state index in [1.54, 1.807) is 11.3 Å². The lowest BCUT2D eigenvalue weighted by Crippen LogP contribution is -2.23. The summed E-state index contributed by atoms with van der Waals surface area (Å²) in [6, 6.07) is 5.65. The van der Waals surface area contributed by atoms with E-state index in [0.717, 1.165) is 34.3 Å². The third kappa shape index (κ3) is 3.53. The van der Waals surface area contributed by atoms with Crippen molar-refractivity contribution < 1.29 is 0 Å². The summed E-state index contributed by atoms with van der Waals surface area (Å²) in [4.78, 5) is 5.73. The molecule has 0 spiro atoms. The molecule has 20 heavy (non-hydrogen) atoms. The maximum Gasteiger partial charge on any atom is 0.0900 e. The first-order valence-electron chi connectivity index (χ1n) is 6.65. The van der Waals surface area contributed by atoms with Crippen LogP contribution in [-0.2, 0) is 0 Å². The SMILES string of the molecule is CCCNC(c1cc(Cl)ccc1Cl)c1sc(C)nc1C. The van der Waals surface area contributed by atoms with Crippen molar-refractivity contribution in [2.24, 2.45) is 0 Å². The number of thiazole rings is 1. The summed E-state index contributed by atoms with van der Waals surface area (Å²) in [6.45, 7) is 7.13. The van der Waals surface area contributed by atoms with Crippen LogP contribution >= 0.6 is 34.5 Å². The van der Waals surface area contributed by atoms with E-state index in [1.165, 1.54) is 4.88 Å². The van der Waals surface area contributed by atoms with E-state index in [4.69, 9.17) is 23.2 Å². The van der Waals surface area contributed by atoms with Crippen molar-refractivity contribution >= 4 is 34.5 Å². The lowest BCUT2D eigenvalue weighted by molar-refractivity contribution is 0.603. The van der Waals surface area contributed by atoms with Crippen LogP contribution in [0.4, 0.5) is 0 Å². The molecule has 1 aromatic carbocycles. The number of hydrogen-bond acceptors (Lipinski definition) is 3. The summed E-state index contributed by atoms with van der Waals surface area (Å²) >= 11 is 14.2. The second-order valence-corrected chi connectivity index (χ2v) is 6.81. The van der Waals surface area contributed by atoms with Gasteiger partial charge in [0.05, 0.1) is 16.7 Å². The molecule has 0 bridgehead atoms. The highest BCUT2D eigenvalue weighted by Crippen LogP contribution is 2.35. The van der Waals surface area contributed by atoms with Gasteiger partial charge in [-0.1, -0.05) is 30.1 Å². The summed E-state index contributed by atoms with van der Waals surface area (Å²) < 4.78 is 0. The smallest absolute Gasteiger partial charge is 0.0900 e. The largest absolute Gasteiger partial charge is 0.305 e. The average molecular weight is 329 g/mol. The van der Waals surface area contributed by atoms with Gasteiger partial charge in [-0.2, -0.15) is 0 Å². The van der Waals surface area contributed by atoms with E-state index in [9.17, 15) is 0 Å². The van der Waals surface area contributed by atoms with E-state index in [0.29, 0.717) is 5.02 Å². The zero-order valence-corrected chi connectivity index (χ0v) is 14.2. The van der Waals surface area contributed by atoms with E-state index in [1.807, 2.05) is 32.0 Å². The van der Waals surface area contributed by atoms with Crippen molar-refractivity contribution in [1.29, 1.82) is 0 Å². The Kier molecular flexibility index (Phi) is 5.44. The van der Waals surface area contributed by atoms with Gasteiger partial charge in [0.25, 0.3) is 0 Å². The molecule has 5 heteroatoms. The van der Waals surface area contributed by atoms with Crippen LogP contribution in [0.5, 0.6) is 0 Å². The molecule has 1 aromatic heterocycles. The van der Waals surface area contributed by atoms with E-state index >= 15 is 0 Å². The number of nitrogens with zero attached hydrogens (tertiary/aromatic N) is 1. The van der Waals surface area contributed by atoms with Crippen LogP contribution in [-0.4, -0.2) is 11.5 Å². The fourth-order valence-corrected chi connectivity index (χ4v) is 3.61. The molecule has 0 radical (unpaired) electrons. The van der Waals surface area contributed by atoms with Gasteiger partial charge in [0, 0.05) is 14.9 Å². The molecule has 0 aliphatic heterocycles. The molecule has 0 aliphatic rings. The highest BCUT2D eigenvalue weighted by Gasteiger charge is 2.21. The summed E-state index contributed by atoms with van der Waals surface area (Å²) in [5, 5.41) is 6.05. The number of nitrogens with one attached hydrogen (secondary N) is 1. The fraction of sp³-hybridized carbons (Fsp3) is 0.400. The molecular formula is C15H18Cl2N2S. The molecular weight excluding hydrogens is 311 g/mol. The van der Waals surface area contributed by atoms with Gasteiger partial charge >= 0.3 is 0 Å². The Labute approximate surface area is 134 Å². The van der Waals surface area contributed by atoms with Gasteiger partial charge in [0.15, 0.2) is 0 Å². The van der Waals surface area contributed by atoms with Gasteiger partial charge in [-0.3, -0.25) is 0 Å². The number of rotatable bonds is 5. The molecule has 1 N–H and O–H groups in total. The number of aromatic nitrogens is 1. The first kappa shape index (κ1) is 15.8. The Balaban J connectivity index is 2.46. The summed E-state index contributed by atoms with van der Waals surface area (Å²) in [6.07, 6.45) is 1.06. The number of benzene rings is 1. The molecule has 1 atom stereocenters. The zero-order valence-electron chi connectivity index (χ0n) is 11.8. The Morgan fingerprint density at radius 3 is 2.65 bits per heavy atom. The highest BCUT2D eigenvalue weighted by atomic mass is 35.5. The van der Waals surface area contributed by atoms with Gasteiger partial charge in [-0.05, 0) is 50.6 Å². The third-order valence-corrected chi connectivity index (χ3v) is 4.79. The van der Waals surface area contributed by atoms with Gasteiger partial charge in [-0.25, -0.2) is 4.98 Å². The molecule has 2 aromatic rings. The Morgan fingerprint density at radius 2 is 2.05 bits per heavy atom.